The molecule has 0 saturated heterocycles. The molecule has 0 bridgehead atoms. The predicted octanol–water partition coefficient (Wildman–Crippen LogP) is 1.30. The smallest absolute Gasteiger partial charge is 0.204 e. The minimum Gasteiger partial charge on any atom is -0.385 e. The van der Waals surface area contributed by atoms with Gasteiger partial charge in [-0.3, -0.25) is 0 Å². The van der Waals surface area contributed by atoms with Crippen LogP contribution in [0.3, 0.4) is 0 Å². The Hall–Kier alpha value is -1.91. The molecule has 0 radical (unpaired) electrons. The lowest BCUT2D eigenvalue weighted by molar-refractivity contribution is 0.881. The second kappa shape index (κ2) is 3.87. The normalized spacial score (nSPS) is 10.1. The first-order valence-electron chi connectivity index (χ1n) is 4.48. The fourth-order valence-corrected chi connectivity index (χ4v) is 1.23. The summed E-state index contributed by atoms with van der Waals surface area (Å²) in [6.45, 7) is 2.98. The number of aromatic amines is 1. The SMILES string of the molecule is CCNc1ccc(-c2nn[nH]n2)cc1. The third kappa shape index (κ3) is 1.71. The van der Waals surface area contributed by atoms with Gasteiger partial charge in [-0.15, -0.1) is 10.2 Å². The Morgan fingerprint density at radius 1 is 1.29 bits per heavy atom. The highest BCUT2D eigenvalue weighted by atomic mass is 15.5. The molecule has 0 unspecified atom stereocenters. The number of hydrogen-bond donors (Lipinski definition) is 2. The third-order valence-electron chi connectivity index (χ3n) is 1.87. The molecule has 2 aromatic rings. The summed E-state index contributed by atoms with van der Waals surface area (Å²) in [7, 11) is 0. The van der Waals surface area contributed by atoms with E-state index in [1.165, 1.54) is 0 Å². The zero-order valence-corrected chi connectivity index (χ0v) is 7.86. The fraction of sp³-hybridized carbons (Fsp3) is 0.222. The molecule has 0 atom stereocenters. The number of H-pyrrole nitrogens is 1. The second-order valence-electron chi connectivity index (χ2n) is 2.84. The summed E-state index contributed by atoms with van der Waals surface area (Å²) in [6, 6.07) is 7.91. The van der Waals surface area contributed by atoms with Crippen LogP contribution in [0.2, 0.25) is 0 Å². The summed E-state index contributed by atoms with van der Waals surface area (Å²) < 4.78 is 0. The Morgan fingerprint density at radius 3 is 2.64 bits per heavy atom. The zero-order valence-electron chi connectivity index (χ0n) is 7.86. The highest BCUT2D eigenvalue weighted by Crippen LogP contribution is 2.16. The van der Waals surface area contributed by atoms with E-state index in [1.807, 2.05) is 24.3 Å². The molecule has 0 amide bonds. The maximum atomic E-state index is 3.89. The lowest BCUT2D eigenvalue weighted by Crippen LogP contribution is -1.95. The van der Waals surface area contributed by atoms with Crippen molar-refractivity contribution in [1.82, 2.24) is 20.6 Å². The second-order valence-corrected chi connectivity index (χ2v) is 2.84. The number of tetrazole rings is 1. The van der Waals surface area contributed by atoms with E-state index in [0.29, 0.717) is 5.82 Å². The quantitative estimate of drug-likeness (QED) is 0.763. The summed E-state index contributed by atoms with van der Waals surface area (Å²) in [5, 5.41) is 16.9. The highest BCUT2D eigenvalue weighted by molar-refractivity contribution is 5.58. The Bertz CT molecular complexity index is 378. The maximum absolute atomic E-state index is 3.89. The largest absolute Gasteiger partial charge is 0.385 e. The number of hydrogen-bond acceptors (Lipinski definition) is 4. The van der Waals surface area contributed by atoms with Gasteiger partial charge in [-0.05, 0) is 36.4 Å². The van der Waals surface area contributed by atoms with Crippen LogP contribution in [0.15, 0.2) is 24.3 Å². The molecular formula is C9H11N5. The van der Waals surface area contributed by atoms with Crippen LogP contribution >= 0.6 is 0 Å². The van der Waals surface area contributed by atoms with Crippen molar-refractivity contribution in [2.75, 3.05) is 11.9 Å². The van der Waals surface area contributed by atoms with Crippen LogP contribution in [-0.4, -0.2) is 27.2 Å². The van der Waals surface area contributed by atoms with E-state index < -0.39 is 0 Å². The minimum atomic E-state index is 0.619. The van der Waals surface area contributed by atoms with E-state index in [0.717, 1.165) is 17.8 Å². The maximum Gasteiger partial charge on any atom is 0.204 e. The Balaban J connectivity index is 2.22. The van der Waals surface area contributed by atoms with Gasteiger partial charge >= 0.3 is 0 Å². The monoisotopic (exact) mass is 189 g/mol. The van der Waals surface area contributed by atoms with Gasteiger partial charge in [0, 0.05) is 17.8 Å². The lowest BCUT2D eigenvalue weighted by Gasteiger charge is -2.02. The number of nitrogens with zero attached hydrogens (tertiary/aromatic N) is 3. The van der Waals surface area contributed by atoms with Crippen molar-refractivity contribution in [3.05, 3.63) is 24.3 Å². The first kappa shape index (κ1) is 8.68. The van der Waals surface area contributed by atoms with Gasteiger partial charge in [0.25, 0.3) is 0 Å². The average molecular weight is 189 g/mol. The van der Waals surface area contributed by atoms with Crippen molar-refractivity contribution in [3.8, 4) is 11.4 Å². The molecule has 1 heterocycles. The van der Waals surface area contributed by atoms with E-state index in [-0.39, 0.29) is 0 Å². The molecule has 72 valence electrons. The van der Waals surface area contributed by atoms with Crippen LogP contribution in [0.1, 0.15) is 6.92 Å². The molecule has 5 heteroatoms. The van der Waals surface area contributed by atoms with Gasteiger partial charge in [-0.1, -0.05) is 0 Å². The Kier molecular flexibility index (Phi) is 2.40. The van der Waals surface area contributed by atoms with Crippen LogP contribution in [0.25, 0.3) is 11.4 Å². The molecule has 5 nitrogen and oxygen atoms in total. The number of benzene rings is 1. The van der Waals surface area contributed by atoms with Gasteiger partial charge in [0.1, 0.15) is 0 Å². The summed E-state index contributed by atoms with van der Waals surface area (Å²) in [6.07, 6.45) is 0. The van der Waals surface area contributed by atoms with Crippen LogP contribution < -0.4 is 5.32 Å². The topological polar surface area (TPSA) is 66.5 Å². The van der Waals surface area contributed by atoms with Gasteiger partial charge in [0.15, 0.2) is 0 Å². The summed E-state index contributed by atoms with van der Waals surface area (Å²) in [4.78, 5) is 0. The predicted molar refractivity (Wildman–Crippen MR) is 53.8 cm³/mol. The number of nitrogens with one attached hydrogen (secondary N) is 2. The summed E-state index contributed by atoms with van der Waals surface area (Å²) >= 11 is 0. The van der Waals surface area contributed by atoms with Crippen molar-refractivity contribution >= 4 is 5.69 Å². The van der Waals surface area contributed by atoms with Gasteiger partial charge < -0.3 is 5.32 Å². The molecule has 1 aromatic heterocycles. The average Bonchev–Trinajstić information content (AvgIpc) is 2.72. The van der Waals surface area contributed by atoms with Crippen molar-refractivity contribution in [1.29, 1.82) is 0 Å². The van der Waals surface area contributed by atoms with Crippen LogP contribution in [0, 0.1) is 0 Å². The van der Waals surface area contributed by atoms with E-state index in [2.05, 4.69) is 32.9 Å². The fourth-order valence-electron chi connectivity index (χ4n) is 1.23. The van der Waals surface area contributed by atoms with Gasteiger partial charge in [0.05, 0.1) is 0 Å². The molecule has 0 aliphatic rings. The lowest BCUT2D eigenvalue weighted by atomic mass is 10.2. The first-order chi connectivity index (χ1) is 6.90. The Labute approximate surface area is 81.5 Å². The van der Waals surface area contributed by atoms with Crippen molar-refractivity contribution in [2.45, 2.75) is 6.92 Å². The van der Waals surface area contributed by atoms with Crippen molar-refractivity contribution in [2.24, 2.45) is 0 Å². The molecule has 1 aromatic carbocycles. The van der Waals surface area contributed by atoms with Gasteiger partial charge in [0.2, 0.25) is 5.82 Å². The highest BCUT2D eigenvalue weighted by Gasteiger charge is 2.01. The van der Waals surface area contributed by atoms with E-state index >= 15 is 0 Å². The van der Waals surface area contributed by atoms with Gasteiger partial charge in [-0.25, -0.2) is 0 Å². The first-order valence-corrected chi connectivity index (χ1v) is 4.48. The standard InChI is InChI=1S/C9H11N5/c1-2-10-8-5-3-7(4-6-8)9-11-13-14-12-9/h3-6,10H,2H2,1H3,(H,11,12,13,14). The molecule has 0 spiro atoms. The zero-order chi connectivity index (χ0) is 9.80. The molecule has 0 aliphatic carbocycles. The Morgan fingerprint density at radius 2 is 2.07 bits per heavy atom. The van der Waals surface area contributed by atoms with E-state index in [1.54, 1.807) is 0 Å². The summed E-state index contributed by atoms with van der Waals surface area (Å²) in [5.74, 6) is 0.619. The van der Waals surface area contributed by atoms with Crippen molar-refractivity contribution < 1.29 is 0 Å². The van der Waals surface area contributed by atoms with Crippen molar-refractivity contribution in [3.63, 3.8) is 0 Å². The van der Waals surface area contributed by atoms with E-state index in [4.69, 9.17) is 0 Å². The molecule has 2 N–H and O–H groups in total. The third-order valence-corrected chi connectivity index (χ3v) is 1.87. The summed E-state index contributed by atoms with van der Waals surface area (Å²) in [5.41, 5.74) is 2.06. The molecular weight excluding hydrogens is 178 g/mol. The minimum absolute atomic E-state index is 0.619. The number of anilines is 1. The molecule has 0 fully saturated rings. The molecule has 14 heavy (non-hydrogen) atoms. The van der Waals surface area contributed by atoms with Crippen LogP contribution in [0.4, 0.5) is 5.69 Å². The van der Waals surface area contributed by atoms with Gasteiger partial charge in [-0.2, -0.15) is 5.21 Å². The molecule has 2 rings (SSSR count). The number of rotatable bonds is 3. The van der Waals surface area contributed by atoms with E-state index in [9.17, 15) is 0 Å². The molecule has 0 aliphatic heterocycles. The number of aromatic nitrogens is 4. The van der Waals surface area contributed by atoms with Crippen LogP contribution in [0.5, 0.6) is 0 Å². The van der Waals surface area contributed by atoms with Crippen LogP contribution in [-0.2, 0) is 0 Å². The molecule has 0 saturated carbocycles.